The van der Waals surface area contributed by atoms with Gasteiger partial charge in [0.25, 0.3) is 0 Å². The third-order valence-corrected chi connectivity index (χ3v) is 2.75. The standard InChI is InChI=1S/C10H14O6/c1-15-9(13)8(10(14)16-2)6-3-5(6)4-7(11)12/h5-6,8H,3-4H2,1-2H3,(H,11,12). The van der Waals surface area contributed by atoms with Crippen molar-refractivity contribution < 1.29 is 29.0 Å². The zero-order chi connectivity index (χ0) is 12.3. The van der Waals surface area contributed by atoms with Gasteiger partial charge in [-0.15, -0.1) is 0 Å². The van der Waals surface area contributed by atoms with Gasteiger partial charge in [-0.2, -0.15) is 0 Å². The normalized spacial score (nSPS) is 22.7. The predicted octanol–water partition coefficient (Wildman–Crippen LogP) is 0.0594. The number of carbonyl (C=O) groups is 3. The van der Waals surface area contributed by atoms with E-state index in [-0.39, 0.29) is 18.3 Å². The number of aliphatic carboxylic acids is 1. The Morgan fingerprint density at radius 2 is 1.75 bits per heavy atom. The summed E-state index contributed by atoms with van der Waals surface area (Å²) in [7, 11) is 2.37. The molecule has 16 heavy (non-hydrogen) atoms. The van der Waals surface area contributed by atoms with E-state index in [0.29, 0.717) is 6.42 Å². The average Bonchev–Trinajstić information content (AvgIpc) is 2.95. The van der Waals surface area contributed by atoms with Crippen molar-refractivity contribution in [3.05, 3.63) is 0 Å². The molecule has 0 aromatic rings. The largest absolute Gasteiger partial charge is 0.481 e. The first-order chi connectivity index (χ1) is 7.51. The van der Waals surface area contributed by atoms with Crippen molar-refractivity contribution in [2.75, 3.05) is 14.2 Å². The van der Waals surface area contributed by atoms with Crippen LogP contribution in [0, 0.1) is 17.8 Å². The minimum absolute atomic E-state index is 0.0326. The second-order valence-corrected chi connectivity index (χ2v) is 3.78. The lowest BCUT2D eigenvalue weighted by Crippen LogP contribution is -2.29. The lowest BCUT2D eigenvalue weighted by Gasteiger charge is -2.11. The number of ether oxygens (including phenoxy) is 2. The van der Waals surface area contributed by atoms with Gasteiger partial charge in [0, 0.05) is 6.42 Å². The molecule has 0 aliphatic heterocycles. The maximum atomic E-state index is 11.4. The van der Waals surface area contributed by atoms with Crippen molar-refractivity contribution in [2.24, 2.45) is 17.8 Å². The van der Waals surface area contributed by atoms with Crippen molar-refractivity contribution in [1.29, 1.82) is 0 Å². The van der Waals surface area contributed by atoms with E-state index in [1.54, 1.807) is 0 Å². The summed E-state index contributed by atoms with van der Waals surface area (Å²) in [5, 5.41) is 8.58. The molecule has 1 aliphatic carbocycles. The molecule has 2 atom stereocenters. The Hall–Kier alpha value is -1.59. The summed E-state index contributed by atoms with van der Waals surface area (Å²) in [6.45, 7) is 0. The minimum atomic E-state index is -0.987. The molecule has 1 N–H and O–H groups in total. The predicted molar refractivity (Wildman–Crippen MR) is 51.4 cm³/mol. The number of hydrogen-bond acceptors (Lipinski definition) is 5. The number of esters is 2. The highest BCUT2D eigenvalue weighted by molar-refractivity contribution is 5.95. The fraction of sp³-hybridized carbons (Fsp3) is 0.700. The van der Waals surface area contributed by atoms with Gasteiger partial charge in [-0.05, 0) is 18.3 Å². The summed E-state index contributed by atoms with van der Waals surface area (Å²) < 4.78 is 9.01. The van der Waals surface area contributed by atoms with Crippen LogP contribution >= 0.6 is 0 Å². The van der Waals surface area contributed by atoms with Gasteiger partial charge in [0.1, 0.15) is 0 Å². The first kappa shape index (κ1) is 12.5. The average molecular weight is 230 g/mol. The van der Waals surface area contributed by atoms with Crippen LogP contribution in [0.5, 0.6) is 0 Å². The zero-order valence-corrected chi connectivity index (χ0v) is 9.13. The molecule has 0 saturated heterocycles. The first-order valence-electron chi connectivity index (χ1n) is 4.88. The Bertz CT molecular complexity index is 294. The number of rotatable bonds is 5. The quantitative estimate of drug-likeness (QED) is 0.530. The fourth-order valence-corrected chi connectivity index (χ4v) is 1.84. The Labute approximate surface area is 92.5 Å². The topological polar surface area (TPSA) is 89.9 Å². The minimum Gasteiger partial charge on any atom is -0.481 e. The summed E-state index contributed by atoms with van der Waals surface area (Å²) in [5.74, 6) is -3.65. The number of carboxylic acids is 1. The smallest absolute Gasteiger partial charge is 0.320 e. The van der Waals surface area contributed by atoms with Gasteiger partial charge in [-0.25, -0.2) is 0 Å². The zero-order valence-electron chi connectivity index (χ0n) is 9.13. The molecule has 6 nitrogen and oxygen atoms in total. The maximum Gasteiger partial charge on any atom is 0.320 e. The first-order valence-corrected chi connectivity index (χ1v) is 4.88. The Kier molecular flexibility index (Phi) is 3.87. The fourth-order valence-electron chi connectivity index (χ4n) is 1.84. The summed E-state index contributed by atoms with van der Waals surface area (Å²) in [6, 6.07) is 0. The second-order valence-electron chi connectivity index (χ2n) is 3.78. The highest BCUT2D eigenvalue weighted by Crippen LogP contribution is 2.47. The molecular weight excluding hydrogens is 216 g/mol. The molecule has 6 heteroatoms. The van der Waals surface area contributed by atoms with E-state index in [1.165, 1.54) is 14.2 Å². The van der Waals surface area contributed by atoms with E-state index in [9.17, 15) is 14.4 Å². The van der Waals surface area contributed by atoms with Gasteiger partial charge in [0.05, 0.1) is 14.2 Å². The summed E-state index contributed by atoms with van der Waals surface area (Å²) >= 11 is 0. The number of carbonyl (C=O) groups excluding carboxylic acids is 2. The van der Waals surface area contributed by atoms with Gasteiger partial charge < -0.3 is 14.6 Å². The molecular formula is C10H14O6. The molecule has 90 valence electrons. The van der Waals surface area contributed by atoms with E-state index < -0.39 is 23.8 Å². The Balaban J connectivity index is 2.63. The van der Waals surface area contributed by atoms with Gasteiger partial charge >= 0.3 is 17.9 Å². The SMILES string of the molecule is COC(=O)C(C(=O)OC)C1CC1CC(=O)O. The van der Waals surface area contributed by atoms with Gasteiger partial charge in [0.15, 0.2) is 5.92 Å². The van der Waals surface area contributed by atoms with Crippen LogP contribution in [0.3, 0.4) is 0 Å². The van der Waals surface area contributed by atoms with Gasteiger partial charge in [-0.3, -0.25) is 14.4 Å². The molecule has 0 spiro atoms. The molecule has 1 aliphatic rings. The van der Waals surface area contributed by atoms with Crippen molar-refractivity contribution in [3.63, 3.8) is 0 Å². The maximum absolute atomic E-state index is 11.4. The molecule has 1 rings (SSSR count). The van der Waals surface area contributed by atoms with E-state index in [1.807, 2.05) is 0 Å². The third-order valence-electron chi connectivity index (χ3n) is 2.75. The third kappa shape index (κ3) is 2.71. The van der Waals surface area contributed by atoms with Gasteiger partial charge in [0.2, 0.25) is 0 Å². The van der Waals surface area contributed by atoms with Crippen molar-refractivity contribution in [1.82, 2.24) is 0 Å². The lowest BCUT2D eigenvalue weighted by atomic mass is 10.0. The highest BCUT2D eigenvalue weighted by atomic mass is 16.5. The molecule has 0 radical (unpaired) electrons. The molecule has 1 saturated carbocycles. The molecule has 0 aromatic heterocycles. The van der Waals surface area contributed by atoms with Gasteiger partial charge in [-0.1, -0.05) is 0 Å². The van der Waals surface area contributed by atoms with Crippen LogP contribution in [0.15, 0.2) is 0 Å². The number of carboxylic acid groups (broad SMARTS) is 1. The monoisotopic (exact) mass is 230 g/mol. The van der Waals surface area contributed by atoms with Crippen LogP contribution in [0.2, 0.25) is 0 Å². The van der Waals surface area contributed by atoms with Crippen molar-refractivity contribution in [3.8, 4) is 0 Å². The molecule has 0 bridgehead atoms. The van der Waals surface area contributed by atoms with Crippen molar-refractivity contribution in [2.45, 2.75) is 12.8 Å². The van der Waals surface area contributed by atoms with Crippen LogP contribution in [0.25, 0.3) is 0 Å². The molecule has 1 fully saturated rings. The van der Waals surface area contributed by atoms with Crippen molar-refractivity contribution >= 4 is 17.9 Å². The summed E-state index contributed by atoms with van der Waals surface area (Å²) in [5.41, 5.74) is 0. The number of hydrogen-bond donors (Lipinski definition) is 1. The van der Waals surface area contributed by atoms with E-state index >= 15 is 0 Å². The van der Waals surface area contributed by atoms with E-state index in [4.69, 9.17) is 5.11 Å². The van der Waals surface area contributed by atoms with Crippen LogP contribution < -0.4 is 0 Å². The second kappa shape index (κ2) is 4.96. The molecule has 2 unspecified atom stereocenters. The van der Waals surface area contributed by atoms with E-state index in [2.05, 4.69) is 9.47 Å². The molecule has 0 aromatic carbocycles. The van der Waals surface area contributed by atoms with Crippen LogP contribution in [-0.2, 0) is 23.9 Å². The Morgan fingerprint density at radius 3 is 2.12 bits per heavy atom. The van der Waals surface area contributed by atoms with Crippen LogP contribution in [0.4, 0.5) is 0 Å². The Morgan fingerprint density at radius 1 is 1.25 bits per heavy atom. The highest BCUT2D eigenvalue weighted by Gasteiger charge is 2.51. The van der Waals surface area contributed by atoms with E-state index in [0.717, 1.165) is 0 Å². The summed E-state index contributed by atoms with van der Waals surface area (Å²) in [6.07, 6.45) is 0.510. The lowest BCUT2D eigenvalue weighted by molar-refractivity contribution is -0.160. The molecule has 0 heterocycles. The van der Waals surface area contributed by atoms with Crippen LogP contribution in [-0.4, -0.2) is 37.2 Å². The summed E-state index contributed by atoms with van der Waals surface area (Å²) in [4.78, 5) is 33.2. The number of methoxy groups -OCH3 is 2. The van der Waals surface area contributed by atoms with Crippen LogP contribution in [0.1, 0.15) is 12.8 Å². The molecule has 0 amide bonds.